The van der Waals surface area contributed by atoms with Crippen LogP contribution in [0.5, 0.6) is 0 Å². The number of rotatable bonds is 4. The molecule has 2 amide bonds. The van der Waals surface area contributed by atoms with E-state index in [2.05, 4.69) is 0 Å². The molecular formula is C18H16N2O6S. The summed E-state index contributed by atoms with van der Waals surface area (Å²) in [5, 5.41) is 0.382. The molecule has 1 heterocycles. The highest BCUT2D eigenvalue weighted by Crippen LogP contribution is 2.24. The molecule has 0 saturated heterocycles. The van der Waals surface area contributed by atoms with Crippen molar-refractivity contribution in [2.75, 3.05) is 14.1 Å². The lowest BCUT2D eigenvalue weighted by Crippen LogP contribution is -2.32. The number of hydrogen-bond donors (Lipinski definition) is 0. The van der Waals surface area contributed by atoms with Crippen molar-refractivity contribution >= 4 is 27.8 Å². The van der Waals surface area contributed by atoms with Crippen LogP contribution in [0.4, 0.5) is 0 Å². The summed E-state index contributed by atoms with van der Waals surface area (Å²) in [5.74, 6) is -2.52. The van der Waals surface area contributed by atoms with Crippen LogP contribution in [0.3, 0.4) is 0 Å². The highest BCUT2D eigenvalue weighted by atomic mass is 32.2. The van der Waals surface area contributed by atoms with Gasteiger partial charge in [-0.2, -0.15) is 0 Å². The third-order valence-corrected chi connectivity index (χ3v) is 6.07. The fourth-order valence-corrected chi connectivity index (χ4v) is 3.73. The third-order valence-electron chi connectivity index (χ3n) is 4.11. The summed E-state index contributed by atoms with van der Waals surface area (Å²) in [6.07, 6.45) is 0. The van der Waals surface area contributed by atoms with Crippen LogP contribution < -0.4 is 0 Å². The number of fused-ring (bicyclic) bond motifs is 1. The van der Waals surface area contributed by atoms with E-state index in [1.54, 1.807) is 19.1 Å². The predicted molar refractivity (Wildman–Crippen MR) is 94.4 cm³/mol. The minimum atomic E-state index is -3.78. The van der Waals surface area contributed by atoms with E-state index in [1.807, 2.05) is 0 Å². The van der Waals surface area contributed by atoms with E-state index in [0.29, 0.717) is 10.6 Å². The second-order valence-corrected chi connectivity index (χ2v) is 8.22. The van der Waals surface area contributed by atoms with Crippen molar-refractivity contribution in [1.82, 2.24) is 9.37 Å². The van der Waals surface area contributed by atoms with Crippen LogP contribution in [0.15, 0.2) is 47.4 Å². The molecule has 2 aromatic carbocycles. The van der Waals surface area contributed by atoms with Gasteiger partial charge in [0, 0.05) is 14.1 Å². The lowest BCUT2D eigenvalue weighted by Gasteiger charge is -2.16. The molecule has 0 saturated carbocycles. The van der Waals surface area contributed by atoms with Crippen LogP contribution in [0.2, 0.25) is 0 Å². The van der Waals surface area contributed by atoms with Crippen molar-refractivity contribution in [3.8, 4) is 0 Å². The highest BCUT2D eigenvalue weighted by Gasteiger charge is 2.39. The Balaban J connectivity index is 1.91. The minimum absolute atomic E-state index is 0.0655. The number of hydrogen-bond acceptors (Lipinski definition) is 6. The molecule has 0 aromatic heterocycles. The Hall–Kier alpha value is -3.04. The van der Waals surface area contributed by atoms with E-state index in [0.717, 1.165) is 10.4 Å². The maximum Gasteiger partial charge on any atom is 0.363 e. The maximum atomic E-state index is 12.4. The first-order chi connectivity index (χ1) is 12.6. The molecule has 0 unspecified atom stereocenters. The van der Waals surface area contributed by atoms with Crippen LogP contribution in [0.25, 0.3) is 0 Å². The van der Waals surface area contributed by atoms with Crippen molar-refractivity contribution in [2.24, 2.45) is 0 Å². The molecule has 0 N–H and O–H groups in total. The summed E-state index contributed by atoms with van der Waals surface area (Å²) in [5.41, 5.74) is 0.615. The van der Waals surface area contributed by atoms with E-state index in [4.69, 9.17) is 4.84 Å². The second kappa shape index (κ2) is 6.60. The molecule has 0 radical (unpaired) electrons. The third kappa shape index (κ3) is 3.11. The summed E-state index contributed by atoms with van der Waals surface area (Å²) in [6.45, 7) is 1.59. The molecule has 1 aliphatic rings. The summed E-state index contributed by atoms with van der Waals surface area (Å²) in [6, 6.07) is 10.1. The number of aryl methyl sites for hydroxylation is 1. The Morgan fingerprint density at radius 1 is 1.00 bits per heavy atom. The van der Waals surface area contributed by atoms with Gasteiger partial charge in [0.05, 0.1) is 21.6 Å². The Bertz CT molecular complexity index is 1040. The van der Waals surface area contributed by atoms with Gasteiger partial charge in [0.2, 0.25) is 10.0 Å². The van der Waals surface area contributed by atoms with Gasteiger partial charge in [0.1, 0.15) is 0 Å². The number of carbonyl (C=O) groups is 3. The Labute approximate surface area is 156 Å². The Kier molecular flexibility index (Phi) is 4.58. The van der Waals surface area contributed by atoms with Gasteiger partial charge in [-0.3, -0.25) is 9.59 Å². The second-order valence-electron chi connectivity index (χ2n) is 6.10. The zero-order valence-electron chi connectivity index (χ0n) is 14.8. The average molecular weight is 388 g/mol. The summed E-state index contributed by atoms with van der Waals surface area (Å²) >= 11 is 0. The van der Waals surface area contributed by atoms with Gasteiger partial charge in [-0.25, -0.2) is 17.5 Å². The molecule has 140 valence electrons. The van der Waals surface area contributed by atoms with Crippen LogP contribution >= 0.6 is 0 Å². The monoisotopic (exact) mass is 388 g/mol. The lowest BCUT2D eigenvalue weighted by molar-refractivity contribution is -0.0584. The molecule has 0 bridgehead atoms. The molecule has 0 fully saturated rings. The number of sulfonamides is 1. The number of hydroxylamine groups is 2. The Morgan fingerprint density at radius 2 is 1.56 bits per heavy atom. The van der Waals surface area contributed by atoms with Crippen molar-refractivity contribution in [2.45, 2.75) is 11.8 Å². The minimum Gasteiger partial charge on any atom is -0.324 e. The quantitative estimate of drug-likeness (QED) is 0.738. The first-order valence-corrected chi connectivity index (χ1v) is 9.32. The topological polar surface area (TPSA) is 101 Å². The number of benzene rings is 2. The number of imide groups is 1. The first kappa shape index (κ1) is 18.7. The first-order valence-electron chi connectivity index (χ1n) is 7.88. The molecule has 3 rings (SSSR count). The Morgan fingerprint density at radius 3 is 2.07 bits per heavy atom. The number of amides is 2. The van der Waals surface area contributed by atoms with E-state index < -0.39 is 27.8 Å². The van der Waals surface area contributed by atoms with E-state index >= 15 is 0 Å². The molecule has 27 heavy (non-hydrogen) atoms. The predicted octanol–water partition coefficient (Wildman–Crippen LogP) is 1.61. The zero-order valence-corrected chi connectivity index (χ0v) is 15.6. The van der Waals surface area contributed by atoms with Crippen LogP contribution in [0.1, 0.15) is 36.6 Å². The van der Waals surface area contributed by atoms with E-state index in [9.17, 15) is 22.8 Å². The molecule has 2 aromatic rings. The number of nitrogens with zero attached hydrogens (tertiary/aromatic N) is 2. The molecule has 0 spiro atoms. The van der Waals surface area contributed by atoms with E-state index in [-0.39, 0.29) is 21.6 Å². The van der Waals surface area contributed by atoms with Gasteiger partial charge in [-0.1, -0.05) is 23.3 Å². The molecule has 9 heteroatoms. The summed E-state index contributed by atoms with van der Waals surface area (Å²) in [7, 11) is -1.03. The molecular weight excluding hydrogens is 372 g/mol. The van der Waals surface area contributed by atoms with Crippen molar-refractivity contribution < 1.29 is 27.6 Å². The largest absolute Gasteiger partial charge is 0.363 e. The standard InChI is InChI=1S/C18H16N2O6S/c1-11-8-9-12(10-15(11)27(24,25)19(2)3)18(23)26-20-16(21)13-6-4-5-7-14(13)17(20)22/h4-10H,1-3H3. The number of carbonyl (C=O) groups excluding carboxylic acids is 3. The van der Waals surface area contributed by atoms with Crippen LogP contribution in [-0.4, -0.2) is 49.7 Å². The molecule has 0 atom stereocenters. The van der Waals surface area contributed by atoms with E-state index in [1.165, 1.54) is 38.4 Å². The van der Waals surface area contributed by atoms with Gasteiger partial charge in [0.15, 0.2) is 0 Å². The fourth-order valence-electron chi connectivity index (χ4n) is 2.59. The van der Waals surface area contributed by atoms with Crippen LogP contribution in [-0.2, 0) is 14.9 Å². The van der Waals surface area contributed by atoms with Crippen molar-refractivity contribution in [3.63, 3.8) is 0 Å². The lowest BCUT2D eigenvalue weighted by atomic mass is 10.1. The normalized spacial score (nSPS) is 13.9. The highest BCUT2D eigenvalue weighted by molar-refractivity contribution is 7.89. The van der Waals surface area contributed by atoms with Crippen LogP contribution in [0, 0.1) is 6.92 Å². The van der Waals surface area contributed by atoms with Gasteiger partial charge in [0.25, 0.3) is 11.8 Å². The molecule has 0 aliphatic carbocycles. The van der Waals surface area contributed by atoms with Gasteiger partial charge in [-0.15, -0.1) is 0 Å². The van der Waals surface area contributed by atoms with Gasteiger partial charge < -0.3 is 4.84 Å². The smallest absolute Gasteiger partial charge is 0.324 e. The maximum absolute atomic E-state index is 12.4. The molecule has 1 aliphatic heterocycles. The molecule has 8 nitrogen and oxygen atoms in total. The van der Waals surface area contributed by atoms with Crippen molar-refractivity contribution in [3.05, 3.63) is 64.7 Å². The summed E-state index contributed by atoms with van der Waals surface area (Å²) < 4.78 is 25.8. The zero-order chi connectivity index (χ0) is 19.9. The van der Waals surface area contributed by atoms with Gasteiger partial charge in [-0.05, 0) is 36.8 Å². The summed E-state index contributed by atoms with van der Waals surface area (Å²) in [4.78, 5) is 41.9. The fraction of sp³-hybridized carbons (Fsp3) is 0.167. The SMILES string of the molecule is Cc1ccc(C(=O)ON2C(=O)c3ccccc3C2=O)cc1S(=O)(=O)N(C)C. The van der Waals surface area contributed by atoms with Crippen molar-refractivity contribution in [1.29, 1.82) is 0 Å². The van der Waals surface area contributed by atoms with Gasteiger partial charge >= 0.3 is 5.97 Å². The average Bonchev–Trinajstić information content (AvgIpc) is 2.87.